The molecule has 11 nitrogen and oxygen atoms in total. The number of hydroxylamine groups is 2. The van der Waals surface area contributed by atoms with E-state index in [0.29, 0.717) is 56.5 Å². The van der Waals surface area contributed by atoms with Gasteiger partial charge in [-0.1, -0.05) is 27.7 Å². The average molecular weight is 562 g/mol. The molecule has 3 heterocycles. The van der Waals surface area contributed by atoms with Gasteiger partial charge in [0.2, 0.25) is 18.4 Å². The molecule has 1 aromatic carbocycles. The summed E-state index contributed by atoms with van der Waals surface area (Å²) in [5, 5.41) is 11.9. The number of nitrogens with zero attached hydrogens (tertiary/aromatic N) is 3. The van der Waals surface area contributed by atoms with Crippen molar-refractivity contribution < 1.29 is 38.5 Å². The first-order valence-electron chi connectivity index (χ1n) is 14.3. The van der Waals surface area contributed by atoms with Gasteiger partial charge in [-0.15, -0.1) is 0 Å². The number of carbonyl (C=O) groups is 3. The SMILES string of the molecule is CCCON(CCC)C(=O)CN1C[C@H](c2cc(OC)c3c(c2)OCO3)[C@@H](C(=O)O)[C@@H]1CCN1CCC(C)(C)C1=O. The normalized spacial score (nSPS) is 23.6. The van der Waals surface area contributed by atoms with Crippen LogP contribution >= 0.6 is 0 Å². The number of rotatable bonds is 13. The smallest absolute Gasteiger partial charge is 0.308 e. The van der Waals surface area contributed by atoms with E-state index < -0.39 is 29.3 Å². The van der Waals surface area contributed by atoms with Gasteiger partial charge in [0.25, 0.3) is 5.91 Å². The fraction of sp³-hybridized carbons (Fsp3) is 0.690. The van der Waals surface area contributed by atoms with Gasteiger partial charge in [-0.2, -0.15) is 0 Å². The van der Waals surface area contributed by atoms with Crippen LogP contribution in [0.3, 0.4) is 0 Å². The highest BCUT2D eigenvalue weighted by atomic mass is 16.7. The molecule has 0 spiro atoms. The molecular formula is C29H43N3O8. The molecule has 3 aliphatic heterocycles. The number of fused-ring (bicyclic) bond motifs is 1. The lowest BCUT2D eigenvalue weighted by Crippen LogP contribution is -2.45. The van der Waals surface area contributed by atoms with Gasteiger partial charge in [-0.05, 0) is 43.4 Å². The van der Waals surface area contributed by atoms with E-state index >= 15 is 0 Å². The number of amides is 2. The third-order valence-electron chi connectivity index (χ3n) is 8.20. The van der Waals surface area contributed by atoms with Gasteiger partial charge in [-0.25, -0.2) is 5.06 Å². The summed E-state index contributed by atoms with van der Waals surface area (Å²) in [5.74, 6) is -0.810. The molecule has 3 aliphatic rings. The van der Waals surface area contributed by atoms with Crippen LogP contribution in [0, 0.1) is 11.3 Å². The van der Waals surface area contributed by atoms with Crippen molar-refractivity contribution in [2.45, 2.75) is 65.3 Å². The molecular weight excluding hydrogens is 518 g/mol. The number of hydrogen-bond donors (Lipinski definition) is 1. The Morgan fingerprint density at radius 2 is 1.98 bits per heavy atom. The fourth-order valence-electron chi connectivity index (χ4n) is 6.03. The predicted molar refractivity (Wildman–Crippen MR) is 146 cm³/mol. The van der Waals surface area contributed by atoms with Crippen LogP contribution in [-0.2, 0) is 19.2 Å². The first-order valence-corrected chi connectivity index (χ1v) is 14.3. The lowest BCUT2D eigenvalue weighted by atomic mass is 9.84. The number of carboxylic acid groups (broad SMARTS) is 1. The Hall–Kier alpha value is -3.05. The summed E-state index contributed by atoms with van der Waals surface area (Å²) in [6.07, 6.45) is 2.72. The summed E-state index contributed by atoms with van der Waals surface area (Å²) in [6, 6.07) is 3.15. The molecule has 1 aromatic rings. The number of carboxylic acids is 1. The lowest BCUT2D eigenvalue weighted by molar-refractivity contribution is -0.188. The number of benzene rings is 1. The summed E-state index contributed by atoms with van der Waals surface area (Å²) >= 11 is 0. The first-order chi connectivity index (χ1) is 19.1. The van der Waals surface area contributed by atoms with E-state index in [1.165, 1.54) is 12.2 Å². The Balaban J connectivity index is 1.63. The van der Waals surface area contributed by atoms with E-state index in [1.54, 1.807) is 6.07 Å². The largest absolute Gasteiger partial charge is 0.493 e. The van der Waals surface area contributed by atoms with Gasteiger partial charge in [0, 0.05) is 43.6 Å². The van der Waals surface area contributed by atoms with Gasteiger partial charge in [-0.3, -0.25) is 24.1 Å². The molecule has 0 bridgehead atoms. The molecule has 0 aromatic heterocycles. The van der Waals surface area contributed by atoms with Crippen molar-refractivity contribution in [3.05, 3.63) is 17.7 Å². The molecule has 2 fully saturated rings. The zero-order valence-corrected chi connectivity index (χ0v) is 24.3. The molecule has 4 rings (SSSR count). The van der Waals surface area contributed by atoms with Crippen LogP contribution in [0.1, 0.15) is 64.9 Å². The molecule has 2 saturated heterocycles. The van der Waals surface area contributed by atoms with Crippen LogP contribution in [0.25, 0.3) is 0 Å². The Morgan fingerprint density at radius 3 is 2.60 bits per heavy atom. The summed E-state index contributed by atoms with van der Waals surface area (Å²) in [6.45, 7) is 10.3. The van der Waals surface area contributed by atoms with Crippen molar-refractivity contribution in [1.29, 1.82) is 0 Å². The van der Waals surface area contributed by atoms with Crippen LogP contribution in [0.2, 0.25) is 0 Å². The molecule has 222 valence electrons. The Kier molecular flexibility index (Phi) is 9.45. The second-order valence-electron chi connectivity index (χ2n) is 11.5. The number of methoxy groups -OCH3 is 1. The molecule has 11 heteroatoms. The second-order valence-corrected chi connectivity index (χ2v) is 11.5. The van der Waals surface area contributed by atoms with E-state index in [1.807, 2.05) is 43.6 Å². The average Bonchev–Trinajstić information content (AvgIpc) is 3.61. The van der Waals surface area contributed by atoms with E-state index in [-0.39, 0.29) is 25.2 Å². The monoisotopic (exact) mass is 561 g/mol. The van der Waals surface area contributed by atoms with Crippen molar-refractivity contribution in [2.24, 2.45) is 11.3 Å². The van der Waals surface area contributed by atoms with Crippen LogP contribution in [-0.4, -0.2) is 97.0 Å². The zero-order chi connectivity index (χ0) is 29.0. The van der Waals surface area contributed by atoms with Crippen LogP contribution in [0.5, 0.6) is 17.2 Å². The molecule has 0 aliphatic carbocycles. The Bertz CT molecular complexity index is 1090. The third-order valence-corrected chi connectivity index (χ3v) is 8.20. The summed E-state index contributed by atoms with van der Waals surface area (Å²) in [7, 11) is 1.53. The van der Waals surface area contributed by atoms with Crippen LogP contribution in [0.15, 0.2) is 12.1 Å². The van der Waals surface area contributed by atoms with Gasteiger partial charge in [0.05, 0.1) is 26.2 Å². The highest BCUT2D eigenvalue weighted by Gasteiger charge is 2.48. The number of likely N-dealkylation sites (tertiary alicyclic amines) is 2. The van der Waals surface area contributed by atoms with Crippen molar-refractivity contribution in [1.82, 2.24) is 14.9 Å². The Morgan fingerprint density at radius 1 is 1.20 bits per heavy atom. The molecule has 0 unspecified atom stereocenters. The number of hydrogen-bond acceptors (Lipinski definition) is 8. The van der Waals surface area contributed by atoms with Crippen molar-refractivity contribution in [3.63, 3.8) is 0 Å². The van der Waals surface area contributed by atoms with Crippen molar-refractivity contribution in [2.75, 3.05) is 53.2 Å². The molecule has 40 heavy (non-hydrogen) atoms. The minimum atomic E-state index is -0.942. The van der Waals surface area contributed by atoms with Gasteiger partial charge in [0.15, 0.2) is 11.5 Å². The molecule has 3 atom stereocenters. The zero-order valence-electron chi connectivity index (χ0n) is 24.3. The Labute approximate surface area is 236 Å². The van der Waals surface area contributed by atoms with E-state index in [9.17, 15) is 19.5 Å². The standard InChI is InChI=1S/C29H43N3O8/c1-6-10-32(40-13-7-2)24(33)17-31-16-20(19-14-22(37-5)26-23(15-19)38-18-39-26)25(27(34)35)21(31)8-11-30-12-9-29(3,4)28(30)36/h14-15,20-21,25H,6-13,16-18H2,1-5H3,(H,34,35)/t20-,21+,25-/m1/s1. The number of carbonyl (C=O) groups excluding carboxylic acids is 2. The quantitative estimate of drug-likeness (QED) is 0.363. The van der Waals surface area contributed by atoms with Crippen molar-refractivity contribution >= 4 is 17.8 Å². The van der Waals surface area contributed by atoms with Crippen molar-refractivity contribution in [3.8, 4) is 17.2 Å². The first kappa shape index (κ1) is 29.9. The second kappa shape index (κ2) is 12.6. The number of aliphatic carboxylic acids is 1. The van der Waals surface area contributed by atoms with E-state index in [4.69, 9.17) is 19.0 Å². The highest BCUT2D eigenvalue weighted by molar-refractivity contribution is 5.84. The van der Waals surface area contributed by atoms with Gasteiger partial charge >= 0.3 is 5.97 Å². The number of ether oxygens (including phenoxy) is 3. The van der Waals surface area contributed by atoms with Gasteiger partial charge in [0.1, 0.15) is 0 Å². The lowest BCUT2D eigenvalue weighted by Gasteiger charge is -2.30. The van der Waals surface area contributed by atoms with E-state index in [2.05, 4.69) is 0 Å². The molecule has 0 saturated carbocycles. The maximum absolute atomic E-state index is 13.4. The summed E-state index contributed by atoms with van der Waals surface area (Å²) < 4.78 is 16.7. The minimum Gasteiger partial charge on any atom is -0.493 e. The van der Waals surface area contributed by atoms with Crippen LogP contribution in [0.4, 0.5) is 0 Å². The third kappa shape index (κ3) is 6.15. The van der Waals surface area contributed by atoms with Crippen LogP contribution < -0.4 is 14.2 Å². The van der Waals surface area contributed by atoms with Gasteiger partial charge < -0.3 is 24.2 Å². The minimum absolute atomic E-state index is 0.0236. The summed E-state index contributed by atoms with van der Waals surface area (Å²) in [4.78, 5) is 48.7. The molecule has 2 amide bonds. The highest BCUT2D eigenvalue weighted by Crippen LogP contribution is 2.47. The fourth-order valence-corrected chi connectivity index (χ4v) is 6.03. The maximum Gasteiger partial charge on any atom is 0.308 e. The van der Waals surface area contributed by atoms with E-state index in [0.717, 1.165) is 24.8 Å². The molecule has 1 N–H and O–H groups in total. The topological polar surface area (TPSA) is 118 Å². The predicted octanol–water partition coefficient (Wildman–Crippen LogP) is 3.12. The maximum atomic E-state index is 13.4. The molecule has 0 radical (unpaired) electrons. The summed E-state index contributed by atoms with van der Waals surface area (Å²) in [5.41, 5.74) is 0.333.